The zero-order valence-corrected chi connectivity index (χ0v) is 11.2. The minimum Gasteiger partial charge on any atom is -0.512 e. The summed E-state index contributed by atoms with van der Waals surface area (Å²) in [5.74, 6) is 0. The normalized spacial score (nSPS) is 0.333. The van der Waals surface area contributed by atoms with Gasteiger partial charge >= 0.3 is 17.1 Å². The molecule has 0 aliphatic rings. The quantitative estimate of drug-likeness (QED) is 0.326. The van der Waals surface area contributed by atoms with Gasteiger partial charge in [-0.3, -0.25) is 0 Å². The Hall–Kier alpha value is 3.01. The third-order valence-electron chi connectivity index (χ3n) is 0. The number of rotatable bonds is 0. The van der Waals surface area contributed by atoms with Crippen LogP contribution in [-0.4, -0.2) is 88.7 Å². The molecule has 0 amide bonds. The Morgan fingerprint density at radius 3 is 0.833 bits per heavy atom. The second kappa shape index (κ2) is 43.5. The Morgan fingerprint density at radius 2 is 0.833 bits per heavy atom. The van der Waals surface area contributed by atoms with Crippen LogP contribution in [0, 0.1) is 11.8 Å². The Balaban J connectivity index is -0.000000000833. The molecule has 0 heterocycles. The molecule has 0 unspecified atom stereocenters. The fraction of sp³-hybridized carbons (Fsp3) is 0. The first-order chi connectivity index (χ1) is 1.00. The van der Waals surface area contributed by atoms with E-state index in [1.807, 2.05) is 0 Å². The third-order valence-corrected chi connectivity index (χ3v) is 0. The maximum absolute atomic E-state index is 6.25. The van der Waals surface area contributed by atoms with E-state index >= 15 is 0 Å². The van der Waals surface area contributed by atoms with Crippen molar-refractivity contribution in [2.45, 2.75) is 0 Å². The molecule has 0 fully saturated rings. The van der Waals surface area contributed by atoms with Crippen molar-refractivity contribution in [3.63, 3.8) is 0 Å². The maximum atomic E-state index is 6.25. The molecule has 0 rings (SSSR count). The summed E-state index contributed by atoms with van der Waals surface area (Å²) in [4.78, 5) is 0. The van der Waals surface area contributed by atoms with Crippen LogP contribution in [0.3, 0.4) is 0 Å². The van der Waals surface area contributed by atoms with Crippen LogP contribution in [0.15, 0.2) is 0 Å². The minimum absolute atomic E-state index is 0. The number of nitrogens with zero attached hydrogens (tertiary/aromatic N) is 1. The van der Waals surface area contributed by atoms with E-state index in [-0.39, 0.29) is 106 Å². The van der Waals surface area contributed by atoms with E-state index in [1.54, 1.807) is 0 Å². The Labute approximate surface area is 115 Å². The topological polar surface area (TPSA) is 23.8 Å². The van der Waals surface area contributed by atoms with Gasteiger partial charge in [0.15, 0.2) is 0 Å². The first-order valence-corrected chi connectivity index (χ1v) is 0.224. The van der Waals surface area contributed by atoms with E-state index in [4.69, 9.17) is 11.8 Å². The summed E-state index contributed by atoms with van der Waals surface area (Å²) in [5.41, 5.74) is 0. The van der Waals surface area contributed by atoms with E-state index in [2.05, 4.69) is 0 Å². The SMILES string of the molecule is [C-]#N.[Cu+].[Na].[Na].[Na]. The van der Waals surface area contributed by atoms with Crippen LogP contribution in [0.5, 0.6) is 0 Å². The van der Waals surface area contributed by atoms with E-state index in [1.165, 1.54) is 0 Å². The van der Waals surface area contributed by atoms with Gasteiger partial charge in [0.1, 0.15) is 0 Å². The van der Waals surface area contributed by atoms with Gasteiger partial charge in [-0.05, 0) is 0 Å². The summed E-state index contributed by atoms with van der Waals surface area (Å²) in [7, 11) is 0. The van der Waals surface area contributed by atoms with Crippen LogP contribution >= 0.6 is 0 Å². The van der Waals surface area contributed by atoms with Crippen molar-refractivity contribution < 1.29 is 17.1 Å². The zero-order chi connectivity index (χ0) is 2.00. The van der Waals surface area contributed by atoms with Gasteiger partial charge < -0.3 is 11.8 Å². The van der Waals surface area contributed by atoms with E-state index in [9.17, 15) is 0 Å². The average molecular weight is 159 g/mol. The van der Waals surface area contributed by atoms with Crippen molar-refractivity contribution in [3.8, 4) is 0 Å². The molecule has 0 spiro atoms. The van der Waals surface area contributed by atoms with Crippen LogP contribution in [0.2, 0.25) is 0 Å². The molecular formula is CCuNNa3. The second-order valence-corrected chi connectivity index (χ2v) is 0. The largest absolute Gasteiger partial charge is 1.00 e. The summed E-state index contributed by atoms with van der Waals surface area (Å²) in [5, 5.41) is 6.25. The van der Waals surface area contributed by atoms with Crippen molar-refractivity contribution in [1.29, 1.82) is 5.26 Å². The summed E-state index contributed by atoms with van der Waals surface area (Å²) in [6.45, 7) is 4.75. The van der Waals surface area contributed by atoms with Gasteiger partial charge in [0.25, 0.3) is 0 Å². The first kappa shape index (κ1) is 36.0. The molecule has 0 bridgehead atoms. The second-order valence-electron chi connectivity index (χ2n) is 0. The Morgan fingerprint density at radius 1 is 0.833 bits per heavy atom. The standard InChI is InChI=1S/CN.Cu.3Na/c1-2;;;;/q-1;+1;;;. The maximum Gasteiger partial charge on any atom is 1.00 e. The predicted molar refractivity (Wildman–Crippen MR) is 22.2 cm³/mol. The summed E-state index contributed by atoms with van der Waals surface area (Å²) < 4.78 is 0. The number of hydrogen-bond acceptors (Lipinski definition) is 1. The van der Waals surface area contributed by atoms with Gasteiger partial charge in [-0.25, -0.2) is 0 Å². The van der Waals surface area contributed by atoms with Crippen LogP contribution < -0.4 is 0 Å². The smallest absolute Gasteiger partial charge is 0.512 e. The van der Waals surface area contributed by atoms with Gasteiger partial charge in [-0.1, -0.05) is 0 Å². The summed E-state index contributed by atoms with van der Waals surface area (Å²) in [6.07, 6.45) is 0. The fourth-order valence-electron chi connectivity index (χ4n) is 0. The molecule has 5 heteroatoms. The van der Waals surface area contributed by atoms with Crippen molar-refractivity contribution in [1.82, 2.24) is 0 Å². The summed E-state index contributed by atoms with van der Waals surface area (Å²) >= 11 is 0. The molecule has 0 aliphatic carbocycles. The van der Waals surface area contributed by atoms with Crippen molar-refractivity contribution in [2.24, 2.45) is 0 Å². The fourth-order valence-corrected chi connectivity index (χ4v) is 0. The van der Waals surface area contributed by atoms with E-state index in [0.717, 1.165) is 0 Å². The molecule has 0 aromatic rings. The molecule has 0 aliphatic heterocycles. The van der Waals surface area contributed by atoms with Gasteiger partial charge in [0, 0.05) is 88.7 Å². The van der Waals surface area contributed by atoms with Gasteiger partial charge in [0.2, 0.25) is 0 Å². The molecule has 3 radical (unpaired) electrons. The Kier molecular flexibility index (Phi) is 260. The first-order valence-electron chi connectivity index (χ1n) is 0.224. The molecule has 0 atom stereocenters. The zero-order valence-electron chi connectivity index (χ0n) is 4.25. The van der Waals surface area contributed by atoms with E-state index < -0.39 is 0 Å². The molecule has 6 heavy (non-hydrogen) atoms. The summed E-state index contributed by atoms with van der Waals surface area (Å²) in [6, 6.07) is 0. The van der Waals surface area contributed by atoms with Crippen molar-refractivity contribution in [2.75, 3.05) is 0 Å². The monoisotopic (exact) mass is 158 g/mol. The van der Waals surface area contributed by atoms with Crippen LogP contribution in [0.4, 0.5) is 0 Å². The van der Waals surface area contributed by atoms with Crippen LogP contribution in [-0.2, 0) is 17.1 Å². The predicted octanol–water partition coefficient (Wildman–Crippen LogP) is -1.05. The molecule has 0 aromatic heterocycles. The molecule has 0 aromatic carbocycles. The molecular weight excluding hydrogens is 159 g/mol. The van der Waals surface area contributed by atoms with E-state index in [0.29, 0.717) is 0 Å². The average Bonchev–Trinajstić information content (AvgIpc) is 1.00. The molecule has 1 nitrogen and oxygen atoms in total. The van der Waals surface area contributed by atoms with Crippen LogP contribution in [0.25, 0.3) is 0 Å². The van der Waals surface area contributed by atoms with Gasteiger partial charge in [-0.2, -0.15) is 0 Å². The van der Waals surface area contributed by atoms with Gasteiger partial charge in [-0.15, -0.1) is 0 Å². The molecule has 0 saturated heterocycles. The minimum atomic E-state index is 0. The molecule has 0 saturated carbocycles. The van der Waals surface area contributed by atoms with Gasteiger partial charge in [0.05, 0.1) is 0 Å². The van der Waals surface area contributed by atoms with Crippen molar-refractivity contribution in [3.05, 3.63) is 6.57 Å². The third kappa shape index (κ3) is 27.9. The molecule has 0 N–H and O–H groups in total. The Bertz CT molecular complexity index is 15.5. The number of hydrogen-bond donors (Lipinski definition) is 0. The van der Waals surface area contributed by atoms with Crippen LogP contribution in [0.1, 0.15) is 0 Å². The van der Waals surface area contributed by atoms with Crippen molar-refractivity contribution >= 4 is 88.7 Å². The molecule has 23 valence electrons.